The highest BCUT2D eigenvalue weighted by molar-refractivity contribution is 5.82. The number of hydrogen-bond donors (Lipinski definition) is 0. The van der Waals surface area contributed by atoms with Gasteiger partial charge in [-0.05, 0) is 25.7 Å². The largest absolute Gasteiger partial charge is 0.465 e. The van der Waals surface area contributed by atoms with Crippen molar-refractivity contribution in [1.29, 1.82) is 0 Å². The van der Waals surface area contributed by atoms with Gasteiger partial charge in [0.2, 0.25) is 0 Å². The Morgan fingerprint density at radius 2 is 1.05 bits per heavy atom. The fourth-order valence-corrected chi connectivity index (χ4v) is 2.21. The van der Waals surface area contributed by atoms with E-state index in [0.29, 0.717) is 26.1 Å². The van der Waals surface area contributed by atoms with E-state index in [-0.39, 0.29) is 23.8 Å². The third kappa shape index (κ3) is 6.92. The summed E-state index contributed by atoms with van der Waals surface area (Å²) >= 11 is 0. The Bertz CT molecular complexity index is 248. The van der Waals surface area contributed by atoms with Crippen molar-refractivity contribution >= 4 is 11.9 Å². The summed E-state index contributed by atoms with van der Waals surface area (Å²) in [5, 5.41) is 0. The summed E-state index contributed by atoms with van der Waals surface area (Å²) in [7, 11) is 0. The van der Waals surface area contributed by atoms with Crippen molar-refractivity contribution in [2.75, 3.05) is 13.2 Å². The number of carbonyl (C=O) groups is 2. The predicted molar refractivity (Wildman–Crippen MR) is 79.3 cm³/mol. The van der Waals surface area contributed by atoms with Crippen LogP contribution in [0.25, 0.3) is 0 Å². The van der Waals surface area contributed by atoms with Crippen LogP contribution in [0.15, 0.2) is 0 Å². The van der Waals surface area contributed by atoms with Gasteiger partial charge in [0.15, 0.2) is 0 Å². The number of hydrogen-bond acceptors (Lipinski definition) is 4. The molecule has 4 nitrogen and oxygen atoms in total. The van der Waals surface area contributed by atoms with Crippen LogP contribution in [0.5, 0.6) is 0 Å². The third-order valence-corrected chi connectivity index (χ3v) is 3.19. The molecule has 0 aromatic carbocycles. The predicted octanol–water partition coefficient (Wildman–Crippen LogP) is 3.73. The first-order valence-corrected chi connectivity index (χ1v) is 7.95. The van der Waals surface area contributed by atoms with Crippen molar-refractivity contribution < 1.29 is 19.1 Å². The highest BCUT2D eigenvalue weighted by Crippen LogP contribution is 2.25. The van der Waals surface area contributed by atoms with Crippen LogP contribution in [0, 0.1) is 11.8 Å². The fourth-order valence-electron chi connectivity index (χ4n) is 2.21. The lowest BCUT2D eigenvalue weighted by molar-refractivity contribution is -0.161. The molecule has 0 radical (unpaired) electrons. The summed E-state index contributed by atoms with van der Waals surface area (Å²) in [4.78, 5) is 24.3. The Kier molecular flexibility index (Phi) is 11.1. The highest BCUT2D eigenvalue weighted by atomic mass is 16.5. The molecule has 0 aliphatic heterocycles. The molecule has 0 aromatic heterocycles. The average molecular weight is 286 g/mol. The van der Waals surface area contributed by atoms with Gasteiger partial charge < -0.3 is 9.47 Å². The first-order valence-electron chi connectivity index (χ1n) is 7.95. The Morgan fingerprint density at radius 3 is 1.30 bits per heavy atom. The van der Waals surface area contributed by atoms with E-state index in [1.165, 1.54) is 0 Å². The zero-order chi connectivity index (χ0) is 15.4. The molecule has 0 bridgehead atoms. The maximum absolute atomic E-state index is 12.2. The van der Waals surface area contributed by atoms with E-state index in [9.17, 15) is 9.59 Å². The molecule has 0 saturated carbocycles. The summed E-state index contributed by atoms with van der Waals surface area (Å²) in [6.45, 7) is 8.78. The van der Waals surface area contributed by atoms with Crippen LogP contribution < -0.4 is 0 Å². The summed E-state index contributed by atoms with van der Waals surface area (Å²) in [6.07, 6.45) is 4.65. The maximum Gasteiger partial charge on any atom is 0.309 e. The molecule has 0 aliphatic carbocycles. The van der Waals surface area contributed by atoms with Crippen molar-refractivity contribution in [3.05, 3.63) is 0 Å². The minimum atomic E-state index is -0.365. The molecule has 2 atom stereocenters. The number of ether oxygens (including phenoxy) is 2. The Balaban J connectivity index is 4.82. The first-order chi connectivity index (χ1) is 9.62. The summed E-state index contributed by atoms with van der Waals surface area (Å²) in [5.41, 5.74) is 0. The van der Waals surface area contributed by atoms with E-state index >= 15 is 0 Å². The lowest BCUT2D eigenvalue weighted by Gasteiger charge is -2.23. The third-order valence-electron chi connectivity index (χ3n) is 3.19. The molecular formula is C16H30O4. The SMILES string of the molecule is CCCOC(=O)C(CCC)C(CCC)C(=O)OCCC. The van der Waals surface area contributed by atoms with E-state index in [2.05, 4.69) is 0 Å². The van der Waals surface area contributed by atoms with Crippen LogP contribution in [-0.4, -0.2) is 25.2 Å². The summed E-state index contributed by atoms with van der Waals surface area (Å²) in [6, 6.07) is 0. The number of rotatable bonds is 11. The quantitative estimate of drug-likeness (QED) is 0.543. The van der Waals surface area contributed by atoms with Gasteiger partial charge in [-0.3, -0.25) is 9.59 Å². The lowest BCUT2D eigenvalue weighted by Crippen LogP contribution is -2.33. The molecule has 0 aliphatic rings. The maximum atomic E-state index is 12.2. The van der Waals surface area contributed by atoms with Crippen molar-refractivity contribution in [3.63, 3.8) is 0 Å². The number of carbonyl (C=O) groups excluding carboxylic acids is 2. The van der Waals surface area contributed by atoms with Gasteiger partial charge >= 0.3 is 11.9 Å². The molecule has 0 rings (SSSR count). The minimum absolute atomic E-state index is 0.249. The van der Waals surface area contributed by atoms with E-state index < -0.39 is 0 Å². The van der Waals surface area contributed by atoms with Crippen LogP contribution in [0.3, 0.4) is 0 Å². The van der Waals surface area contributed by atoms with Crippen molar-refractivity contribution in [2.45, 2.75) is 66.2 Å². The highest BCUT2D eigenvalue weighted by Gasteiger charge is 2.34. The standard InChI is InChI=1S/C16H30O4/c1-5-9-13(15(17)19-11-7-3)14(10-6-2)16(18)20-12-8-4/h13-14H,5-12H2,1-4H3. The van der Waals surface area contributed by atoms with Crippen molar-refractivity contribution in [1.82, 2.24) is 0 Å². The second kappa shape index (κ2) is 11.7. The van der Waals surface area contributed by atoms with Gasteiger partial charge in [0.25, 0.3) is 0 Å². The molecule has 2 unspecified atom stereocenters. The van der Waals surface area contributed by atoms with Crippen LogP contribution >= 0.6 is 0 Å². The summed E-state index contributed by atoms with van der Waals surface area (Å²) in [5.74, 6) is -1.23. The topological polar surface area (TPSA) is 52.6 Å². The fraction of sp³-hybridized carbons (Fsp3) is 0.875. The molecule has 0 amide bonds. The molecule has 0 N–H and O–H groups in total. The van der Waals surface area contributed by atoms with Crippen LogP contribution in [0.1, 0.15) is 66.2 Å². The van der Waals surface area contributed by atoms with Gasteiger partial charge in [-0.1, -0.05) is 40.5 Å². The minimum Gasteiger partial charge on any atom is -0.465 e. The van der Waals surface area contributed by atoms with Gasteiger partial charge in [-0.15, -0.1) is 0 Å². The van der Waals surface area contributed by atoms with Gasteiger partial charge in [-0.25, -0.2) is 0 Å². The Hall–Kier alpha value is -1.06. The van der Waals surface area contributed by atoms with Crippen LogP contribution in [0.4, 0.5) is 0 Å². The molecule has 0 aromatic rings. The number of esters is 2. The van der Waals surface area contributed by atoms with E-state index in [1.807, 2.05) is 27.7 Å². The van der Waals surface area contributed by atoms with E-state index in [4.69, 9.17) is 9.47 Å². The molecule has 4 heteroatoms. The second-order valence-corrected chi connectivity index (χ2v) is 5.13. The normalized spacial score (nSPS) is 13.6. The van der Waals surface area contributed by atoms with Crippen LogP contribution in [0.2, 0.25) is 0 Å². The van der Waals surface area contributed by atoms with Crippen LogP contribution in [-0.2, 0) is 19.1 Å². The average Bonchev–Trinajstić information content (AvgIpc) is 2.45. The van der Waals surface area contributed by atoms with Gasteiger partial charge in [0, 0.05) is 0 Å². The Labute approximate surface area is 123 Å². The second-order valence-electron chi connectivity index (χ2n) is 5.13. The molecule has 0 spiro atoms. The first kappa shape index (κ1) is 18.9. The Morgan fingerprint density at radius 1 is 0.700 bits per heavy atom. The zero-order valence-corrected chi connectivity index (χ0v) is 13.4. The van der Waals surface area contributed by atoms with E-state index in [1.54, 1.807) is 0 Å². The smallest absolute Gasteiger partial charge is 0.309 e. The molecule has 20 heavy (non-hydrogen) atoms. The molecule has 0 saturated heterocycles. The van der Waals surface area contributed by atoms with Gasteiger partial charge in [0.1, 0.15) is 0 Å². The monoisotopic (exact) mass is 286 g/mol. The lowest BCUT2D eigenvalue weighted by atomic mass is 9.85. The van der Waals surface area contributed by atoms with Crippen molar-refractivity contribution in [2.24, 2.45) is 11.8 Å². The van der Waals surface area contributed by atoms with E-state index in [0.717, 1.165) is 25.7 Å². The molecule has 0 fully saturated rings. The zero-order valence-electron chi connectivity index (χ0n) is 13.4. The van der Waals surface area contributed by atoms with Gasteiger partial charge in [-0.2, -0.15) is 0 Å². The molecule has 118 valence electrons. The van der Waals surface area contributed by atoms with Gasteiger partial charge in [0.05, 0.1) is 25.0 Å². The van der Waals surface area contributed by atoms with Crippen molar-refractivity contribution in [3.8, 4) is 0 Å². The molecule has 0 heterocycles. The summed E-state index contributed by atoms with van der Waals surface area (Å²) < 4.78 is 10.5. The molecular weight excluding hydrogens is 256 g/mol.